The van der Waals surface area contributed by atoms with Crippen molar-refractivity contribution < 1.29 is 23.1 Å². The van der Waals surface area contributed by atoms with E-state index in [1.165, 1.54) is 30.7 Å². The van der Waals surface area contributed by atoms with Gasteiger partial charge in [0.15, 0.2) is 0 Å². The molecule has 0 bridgehead atoms. The van der Waals surface area contributed by atoms with E-state index in [-0.39, 0.29) is 47.7 Å². The number of nitrogens with zero attached hydrogens (tertiary/aromatic N) is 3. The first-order valence-corrected chi connectivity index (χ1v) is 9.43. The Labute approximate surface area is 175 Å². The number of nitrogens with one attached hydrogen (secondary N) is 1. The van der Waals surface area contributed by atoms with Crippen LogP contribution in [0.4, 0.5) is 19.1 Å². The molecular weight excluding hydrogens is 411 g/mol. The van der Waals surface area contributed by atoms with E-state index in [0.717, 1.165) is 12.1 Å². The van der Waals surface area contributed by atoms with Crippen LogP contribution in [0.5, 0.6) is 5.75 Å². The first-order chi connectivity index (χ1) is 14.8. The second-order valence-electron chi connectivity index (χ2n) is 7.45. The zero-order valence-electron chi connectivity index (χ0n) is 16.1. The second kappa shape index (κ2) is 7.86. The van der Waals surface area contributed by atoms with Gasteiger partial charge in [-0.25, -0.2) is 23.1 Å². The number of primary amides is 1. The van der Waals surface area contributed by atoms with Gasteiger partial charge in [0.2, 0.25) is 5.95 Å². The standard InChI is InChI=1S/C21H18F3N5O2/c22-12-6-21(7-12,18-15(24)2-1-5-26-18)10-29-20-27-8-11(9-28-20)16-14(23)4-3-13(17(16)30)19(25)31/h1-5,8-9,12,30H,6-7,10H2,(H2,25,31)(H,27,28,29)/t12-,21-. The fourth-order valence-corrected chi connectivity index (χ4v) is 3.82. The van der Waals surface area contributed by atoms with Gasteiger partial charge in [-0.2, -0.15) is 0 Å². The normalized spacial score (nSPS) is 20.2. The molecule has 0 saturated heterocycles. The summed E-state index contributed by atoms with van der Waals surface area (Å²) in [5.41, 5.74) is 4.18. The van der Waals surface area contributed by atoms with Crippen molar-refractivity contribution in [3.05, 3.63) is 65.7 Å². The fraction of sp³-hybridized carbons (Fsp3) is 0.238. The Morgan fingerprint density at radius 3 is 2.48 bits per heavy atom. The van der Waals surface area contributed by atoms with Gasteiger partial charge in [-0.05, 0) is 37.1 Å². The number of carbonyl (C=O) groups is 1. The quantitative estimate of drug-likeness (QED) is 0.555. The number of hydrogen-bond donors (Lipinski definition) is 3. The molecule has 3 aromatic rings. The molecule has 1 aliphatic carbocycles. The van der Waals surface area contributed by atoms with Gasteiger partial charge >= 0.3 is 0 Å². The molecule has 0 radical (unpaired) electrons. The smallest absolute Gasteiger partial charge is 0.252 e. The lowest BCUT2D eigenvalue weighted by molar-refractivity contribution is 0.0963. The van der Waals surface area contributed by atoms with Crippen LogP contribution in [0.3, 0.4) is 0 Å². The monoisotopic (exact) mass is 429 g/mol. The number of rotatable bonds is 6. The van der Waals surface area contributed by atoms with E-state index in [1.807, 2.05) is 0 Å². The SMILES string of the molecule is NC(=O)c1ccc(F)c(-c2cnc(NC[C@]3(c4ncccc4F)C[C@H](F)C3)nc2)c1O. The number of amides is 1. The molecule has 4 rings (SSSR count). The Balaban J connectivity index is 1.55. The molecule has 0 unspecified atom stereocenters. The van der Waals surface area contributed by atoms with Gasteiger partial charge in [0.25, 0.3) is 5.91 Å². The predicted molar refractivity (Wildman–Crippen MR) is 106 cm³/mol. The molecule has 4 N–H and O–H groups in total. The summed E-state index contributed by atoms with van der Waals surface area (Å²) in [6.07, 6.45) is 3.15. The number of aromatic nitrogens is 3. The molecule has 1 aliphatic rings. The van der Waals surface area contributed by atoms with Crippen LogP contribution >= 0.6 is 0 Å². The Morgan fingerprint density at radius 1 is 1.16 bits per heavy atom. The van der Waals surface area contributed by atoms with Crippen LogP contribution in [0.2, 0.25) is 0 Å². The summed E-state index contributed by atoms with van der Waals surface area (Å²) in [6.45, 7) is 0.150. The highest BCUT2D eigenvalue weighted by Crippen LogP contribution is 2.45. The van der Waals surface area contributed by atoms with Crippen molar-refractivity contribution in [1.82, 2.24) is 15.0 Å². The van der Waals surface area contributed by atoms with Crippen LogP contribution in [0.25, 0.3) is 11.1 Å². The first kappa shape index (κ1) is 20.6. The van der Waals surface area contributed by atoms with E-state index in [9.17, 15) is 23.1 Å². The van der Waals surface area contributed by atoms with Crippen molar-refractivity contribution >= 4 is 11.9 Å². The van der Waals surface area contributed by atoms with Gasteiger partial charge in [0.1, 0.15) is 23.6 Å². The van der Waals surface area contributed by atoms with Crippen LogP contribution in [-0.4, -0.2) is 38.7 Å². The number of pyridine rings is 1. The maximum atomic E-state index is 14.2. The Hall–Kier alpha value is -3.69. The van der Waals surface area contributed by atoms with Crippen molar-refractivity contribution in [2.45, 2.75) is 24.4 Å². The lowest BCUT2D eigenvalue weighted by Gasteiger charge is -2.43. The van der Waals surface area contributed by atoms with E-state index >= 15 is 0 Å². The molecule has 0 atom stereocenters. The summed E-state index contributed by atoms with van der Waals surface area (Å²) < 4.78 is 42.1. The summed E-state index contributed by atoms with van der Waals surface area (Å²) in [5, 5.41) is 13.1. The third-order valence-electron chi connectivity index (χ3n) is 5.40. The summed E-state index contributed by atoms with van der Waals surface area (Å²) >= 11 is 0. The van der Waals surface area contributed by atoms with Crippen LogP contribution in [0, 0.1) is 11.6 Å². The second-order valence-corrected chi connectivity index (χ2v) is 7.45. The average molecular weight is 429 g/mol. The molecule has 10 heteroatoms. The topological polar surface area (TPSA) is 114 Å². The van der Waals surface area contributed by atoms with Crippen LogP contribution in [-0.2, 0) is 5.41 Å². The van der Waals surface area contributed by atoms with Crippen LogP contribution in [0.15, 0.2) is 42.9 Å². The molecule has 0 aliphatic heterocycles. The number of carbonyl (C=O) groups excluding carboxylic acids is 1. The minimum Gasteiger partial charge on any atom is -0.506 e. The molecule has 0 spiro atoms. The number of aromatic hydroxyl groups is 1. The molecule has 1 saturated carbocycles. The van der Waals surface area contributed by atoms with E-state index < -0.39 is 34.9 Å². The largest absolute Gasteiger partial charge is 0.506 e. The highest BCUT2D eigenvalue weighted by molar-refractivity contribution is 5.98. The summed E-state index contributed by atoms with van der Waals surface area (Å²) in [4.78, 5) is 23.6. The Morgan fingerprint density at radius 2 is 1.87 bits per heavy atom. The third kappa shape index (κ3) is 3.76. The summed E-state index contributed by atoms with van der Waals surface area (Å²) in [6, 6.07) is 4.84. The van der Waals surface area contributed by atoms with Crippen LogP contribution in [0.1, 0.15) is 28.9 Å². The van der Waals surface area contributed by atoms with Gasteiger partial charge in [-0.3, -0.25) is 9.78 Å². The minimum atomic E-state index is -1.05. The molecule has 1 fully saturated rings. The number of benzene rings is 1. The minimum absolute atomic E-state index is 0.116. The van der Waals surface area contributed by atoms with Crippen molar-refractivity contribution in [3.63, 3.8) is 0 Å². The van der Waals surface area contributed by atoms with Gasteiger partial charge in [0.05, 0.1) is 16.8 Å². The fourth-order valence-electron chi connectivity index (χ4n) is 3.82. The number of halogens is 3. The molecule has 7 nitrogen and oxygen atoms in total. The molecule has 31 heavy (non-hydrogen) atoms. The van der Waals surface area contributed by atoms with Gasteiger partial charge in [0, 0.05) is 36.1 Å². The number of hydrogen-bond acceptors (Lipinski definition) is 6. The average Bonchev–Trinajstić information content (AvgIpc) is 2.71. The molecule has 1 amide bonds. The number of nitrogens with two attached hydrogens (primary N) is 1. The van der Waals surface area contributed by atoms with E-state index in [4.69, 9.17) is 5.73 Å². The maximum absolute atomic E-state index is 14.2. The predicted octanol–water partition coefficient (Wildman–Crippen LogP) is 3.10. The number of phenols is 1. The van der Waals surface area contributed by atoms with E-state index in [1.54, 1.807) is 0 Å². The summed E-state index contributed by atoms with van der Waals surface area (Å²) in [7, 11) is 0. The van der Waals surface area contributed by atoms with Gasteiger partial charge < -0.3 is 16.2 Å². The van der Waals surface area contributed by atoms with Crippen LogP contribution < -0.4 is 11.1 Å². The van der Waals surface area contributed by atoms with Gasteiger partial charge in [-0.1, -0.05) is 0 Å². The highest BCUT2D eigenvalue weighted by atomic mass is 19.1. The van der Waals surface area contributed by atoms with Crippen molar-refractivity contribution in [2.75, 3.05) is 11.9 Å². The zero-order chi connectivity index (χ0) is 22.2. The lowest BCUT2D eigenvalue weighted by atomic mass is 9.65. The highest BCUT2D eigenvalue weighted by Gasteiger charge is 2.48. The van der Waals surface area contributed by atoms with E-state index in [0.29, 0.717) is 0 Å². The van der Waals surface area contributed by atoms with Crippen molar-refractivity contribution in [1.29, 1.82) is 0 Å². The Bertz CT molecular complexity index is 1130. The maximum Gasteiger partial charge on any atom is 0.252 e. The third-order valence-corrected chi connectivity index (χ3v) is 5.40. The van der Waals surface area contributed by atoms with Crippen molar-refractivity contribution in [2.24, 2.45) is 5.73 Å². The van der Waals surface area contributed by atoms with Gasteiger partial charge in [-0.15, -0.1) is 0 Å². The molecule has 1 aromatic carbocycles. The number of alkyl halides is 1. The van der Waals surface area contributed by atoms with E-state index in [2.05, 4.69) is 20.3 Å². The zero-order valence-corrected chi connectivity index (χ0v) is 16.1. The molecule has 2 aromatic heterocycles. The number of anilines is 1. The summed E-state index contributed by atoms with van der Waals surface area (Å²) in [5.74, 6) is -2.65. The van der Waals surface area contributed by atoms with Crippen molar-refractivity contribution in [3.8, 4) is 16.9 Å². The lowest BCUT2D eigenvalue weighted by Crippen LogP contribution is -2.49. The first-order valence-electron chi connectivity index (χ1n) is 9.43. The molecule has 2 heterocycles. The molecular formula is C21H18F3N5O2. The molecule has 160 valence electrons. The Kier molecular flexibility index (Phi) is 5.22.